The zero-order chi connectivity index (χ0) is 15.4. The van der Waals surface area contributed by atoms with Crippen LogP contribution in [0.2, 0.25) is 0 Å². The molecule has 1 aromatic heterocycles. The number of rotatable bonds is 5. The van der Waals surface area contributed by atoms with E-state index in [1.807, 2.05) is 18.0 Å². The molecule has 3 rings (SSSR count). The van der Waals surface area contributed by atoms with Crippen molar-refractivity contribution in [1.29, 1.82) is 0 Å². The Morgan fingerprint density at radius 3 is 2.82 bits per heavy atom. The fraction of sp³-hybridized carbons (Fsp3) is 0.824. The fourth-order valence-corrected chi connectivity index (χ4v) is 4.74. The third-order valence-corrected chi connectivity index (χ3v) is 6.34. The number of aromatic nitrogens is 2. The van der Waals surface area contributed by atoms with Gasteiger partial charge in [0.05, 0.1) is 6.04 Å². The van der Waals surface area contributed by atoms with Crippen LogP contribution in [0.15, 0.2) is 12.4 Å². The fourth-order valence-electron chi connectivity index (χ4n) is 3.91. The summed E-state index contributed by atoms with van der Waals surface area (Å²) in [6.07, 6.45) is 13.9. The molecule has 0 radical (unpaired) electrons. The molecule has 0 aromatic carbocycles. The predicted molar refractivity (Wildman–Crippen MR) is 92.2 cm³/mol. The van der Waals surface area contributed by atoms with E-state index in [-0.39, 0.29) is 0 Å². The lowest BCUT2D eigenvalue weighted by Gasteiger charge is -2.36. The summed E-state index contributed by atoms with van der Waals surface area (Å²) >= 11 is 2.03. The minimum Gasteiger partial charge on any atom is -0.381 e. The van der Waals surface area contributed by atoms with Gasteiger partial charge in [0.1, 0.15) is 5.82 Å². The van der Waals surface area contributed by atoms with Crippen LogP contribution >= 0.6 is 11.8 Å². The SMILES string of the molecule is CS[C@@H]1CCC[C@H](N[C@@H](c2nccn2C)C2CCOCC2)C1. The van der Waals surface area contributed by atoms with E-state index in [1.54, 1.807) is 0 Å². The molecule has 124 valence electrons. The first-order chi connectivity index (χ1) is 10.8. The molecule has 1 saturated heterocycles. The molecule has 4 nitrogen and oxygen atoms in total. The van der Waals surface area contributed by atoms with Gasteiger partial charge in [0.25, 0.3) is 0 Å². The third-order valence-electron chi connectivity index (χ3n) is 5.25. The Morgan fingerprint density at radius 2 is 2.14 bits per heavy atom. The van der Waals surface area contributed by atoms with Crippen LogP contribution < -0.4 is 5.32 Å². The number of imidazole rings is 1. The summed E-state index contributed by atoms with van der Waals surface area (Å²) in [7, 11) is 2.11. The van der Waals surface area contributed by atoms with Gasteiger partial charge in [-0.25, -0.2) is 4.98 Å². The maximum Gasteiger partial charge on any atom is 0.125 e. The smallest absolute Gasteiger partial charge is 0.125 e. The Kier molecular flexibility index (Phi) is 5.83. The van der Waals surface area contributed by atoms with Gasteiger partial charge in [-0.3, -0.25) is 0 Å². The van der Waals surface area contributed by atoms with Crippen molar-refractivity contribution in [3.8, 4) is 0 Å². The Bertz CT molecular complexity index is 459. The lowest BCUT2D eigenvalue weighted by atomic mass is 9.88. The average Bonchev–Trinajstić information content (AvgIpc) is 2.99. The van der Waals surface area contributed by atoms with E-state index in [9.17, 15) is 0 Å². The van der Waals surface area contributed by atoms with Gasteiger partial charge < -0.3 is 14.6 Å². The molecule has 2 heterocycles. The molecule has 1 aromatic rings. The second-order valence-electron chi connectivity index (χ2n) is 6.71. The topological polar surface area (TPSA) is 39.1 Å². The lowest BCUT2D eigenvalue weighted by Crippen LogP contribution is -2.42. The number of nitrogens with zero attached hydrogens (tertiary/aromatic N) is 2. The molecule has 2 aliphatic rings. The van der Waals surface area contributed by atoms with Crippen LogP contribution in [0.25, 0.3) is 0 Å². The largest absolute Gasteiger partial charge is 0.381 e. The van der Waals surface area contributed by atoms with E-state index in [0.29, 0.717) is 18.0 Å². The van der Waals surface area contributed by atoms with Gasteiger partial charge in [-0.1, -0.05) is 6.42 Å². The van der Waals surface area contributed by atoms with E-state index in [4.69, 9.17) is 4.74 Å². The summed E-state index contributed by atoms with van der Waals surface area (Å²) in [6, 6.07) is 1.00. The van der Waals surface area contributed by atoms with Crippen LogP contribution in [0.1, 0.15) is 50.4 Å². The van der Waals surface area contributed by atoms with Gasteiger partial charge in [-0.15, -0.1) is 0 Å². The van der Waals surface area contributed by atoms with Crippen molar-refractivity contribution in [2.24, 2.45) is 13.0 Å². The van der Waals surface area contributed by atoms with Crippen LogP contribution in [0, 0.1) is 5.92 Å². The zero-order valence-corrected chi connectivity index (χ0v) is 14.6. The number of hydrogen-bond acceptors (Lipinski definition) is 4. The molecule has 1 N–H and O–H groups in total. The standard InChI is InChI=1S/C17H29N3OS/c1-20-9-8-18-17(20)16(13-6-10-21-11-7-13)19-14-4-3-5-15(12-14)22-2/h8-9,13-16,19H,3-7,10-12H2,1-2H3/t14-,15+,16+/m0/s1. The second kappa shape index (κ2) is 7.84. The van der Waals surface area contributed by atoms with Crippen molar-refractivity contribution in [2.45, 2.75) is 55.9 Å². The van der Waals surface area contributed by atoms with Crippen molar-refractivity contribution in [3.63, 3.8) is 0 Å². The lowest BCUT2D eigenvalue weighted by molar-refractivity contribution is 0.0493. The molecule has 5 heteroatoms. The van der Waals surface area contributed by atoms with Crippen LogP contribution in [-0.2, 0) is 11.8 Å². The third kappa shape index (κ3) is 3.87. The average molecular weight is 324 g/mol. The number of nitrogens with one attached hydrogen (secondary N) is 1. The normalized spacial score (nSPS) is 28.6. The highest BCUT2D eigenvalue weighted by Crippen LogP contribution is 2.33. The molecule has 0 bridgehead atoms. The number of ether oxygens (including phenoxy) is 1. The van der Waals surface area contributed by atoms with Crippen molar-refractivity contribution < 1.29 is 4.74 Å². The van der Waals surface area contributed by atoms with E-state index in [2.05, 4.69) is 34.4 Å². The Balaban J connectivity index is 1.72. The summed E-state index contributed by atoms with van der Waals surface area (Å²) < 4.78 is 7.75. The molecular formula is C17H29N3OS. The molecule has 0 unspecified atom stereocenters. The highest BCUT2D eigenvalue weighted by atomic mass is 32.2. The van der Waals surface area contributed by atoms with Crippen molar-refractivity contribution in [2.75, 3.05) is 19.5 Å². The van der Waals surface area contributed by atoms with Crippen molar-refractivity contribution in [1.82, 2.24) is 14.9 Å². The number of aryl methyl sites for hydroxylation is 1. The molecule has 1 aliphatic heterocycles. The van der Waals surface area contributed by atoms with Crippen LogP contribution in [-0.4, -0.2) is 40.3 Å². The molecule has 0 spiro atoms. The van der Waals surface area contributed by atoms with Crippen LogP contribution in [0.4, 0.5) is 0 Å². The van der Waals surface area contributed by atoms with Gasteiger partial charge >= 0.3 is 0 Å². The molecule has 1 aliphatic carbocycles. The zero-order valence-electron chi connectivity index (χ0n) is 13.8. The van der Waals surface area contributed by atoms with Crippen LogP contribution in [0.3, 0.4) is 0 Å². The monoisotopic (exact) mass is 323 g/mol. The Hall–Kier alpha value is -0.520. The van der Waals surface area contributed by atoms with Gasteiger partial charge in [0.2, 0.25) is 0 Å². The quantitative estimate of drug-likeness (QED) is 0.903. The number of hydrogen-bond donors (Lipinski definition) is 1. The predicted octanol–water partition coefficient (Wildman–Crippen LogP) is 3.15. The van der Waals surface area contributed by atoms with E-state index < -0.39 is 0 Å². The maximum atomic E-state index is 5.56. The minimum absolute atomic E-state index is 0.370. The highest BCUT2D eigenvalue weighted by Gasteiger charge is 2.31. The van der Waals surface area contributed by atoms with Crippen LogP contribution in [0.5, 0.6) is 0 Å². The summed E-state index contributed by atoms with van der Waals surface area (Å²) in [4.78, 5) is 4.65. The first-order valence-corrected chi connectivity index (χ1v) is 9.90. The molecule has 1 saturated carbocycles. The molecular weight excluding hydrogens is 294 g/mol. The molecule has 22 heavy (non-hydrogen) atoms. The number of thioether (sulfide) groups is 1. The van der Waals surface area contributed by atoms with Crippen molar-refractivity contribution in [3.05, 3.63) is 18.2 Å². The summed E-state index contributed by atoms with van der Waals surface area (Å²) in [5.74, 6) is 1.84. The van der Waals surface area contributed by atoms with Gasteiger partial charge in [-0.05, 0) is 44.3 Å². The summed E-state index contributed by atoms with van der Waals surface area (Å²) in [5, 5.41) is 4.80. The first-order valence-electron chi connectivity index (χ1n) is 8.61. The molecule has 2 fully saturated rings. The molecule has 0 amide bonds. The highest BCUT2D eigenvalue weighted by molar-refractivity contribution is 7.99. The van der Waals surface area contributed by atoms with Gasteiger partial charge in [0, 0.05) is 43.9 Å². The Morgan fingerprint density at radius 1 is 1.32 bits per heavy atom. The summed E-state index contributed by atoms with van der Waals surface area (Å²) in [5.41, 5.74) is 0. The van der Waals surface area contributed by atoms with Gasteiger partial charge in [0.15, 0.2) is 0 Å². The van der Waals surface area contributed by atoms with E-state index in [1.165, 1.54) is 31.5 Å². The molecule has 3 atom stereocenters. The van der Waals surface area contributed by atoms with E-state index in [0.717, 1.165) is 31.3 Å². The van der Waals surface area contributed by atoms with Crippen molar-refractivity contribution >= 4 is 11.8 Å². The second-order valence-corrected chi connectivity index (χ2v) is 7.85. The summed E-state index contributed by atoms with van der Waals surface area (Å²) in [6.45, 7) is 1.79. The maximum absolute atomic E-state index is 5.56. The van der Waals surface area contributed by atoms with Gasteiger partial charge in [-0.2, -0.15) is 11.8 Å². The van der Waals surface area contributed by atoms with E-state index >= 15 is 0 Å². The minimum atomic E-state index is 0.370. The first kappa shape index (κ1) is 16.3. The Labute approximate surface area is 138 Å².